The summed E-state index contributed by atoms with van der Waals surface area (Å²) < 4.78 is 65.7. The number of hydrogen-bond donors (Lipinski definition) is 2. The largest absolute Gasteiger partial charge is 0.391 e. The molecule has 2 N–H and O–H groups in total. The molecule has 0 amide bonds. The molecule has 4 nitrogen and oxygen atoms in total. The van der Waals surface area contributed by atoms with E-state index >= 15 is 0 Å². The van der Waals surface area contributed by atoms with Gasteiger partial charge in [0, 0.05) is 12.1 Å². The van der Waals surface area contributed by atoms with Gasteiger partial charge in [-0.1, -0.05) is 0 Å². The van der Waals surface area contributed by atoms with E-state index < -0.39 is 39.8 Å². The maximum atomic E-state index is 13.5. The molecule has 0 unspecified atom stereocenters. The molecule has 0 spiro atoms. The van der Waals surface area contributed by atoms with Crippen LogP contribution in [0.5, 0.6) is 0 Å². The lowest BCUT2D eigenvalue weighted by Crippen LogP contribution is -2.16. The second-order valence-corrected chi connectivity index (χ2v) is 6.76. The highest BCUT2D eigenvalue weighted by atomic mass is 32.2. The van der Waals surface area contributed by atoms with Gasteiger partial charge >= 0.3 is 0 Å². The first kappa shape index (κ1) is 15.8. The van der Waals surface area contributed by atoms with E-state index in [4.69, 9.17) is 5.11 Å². The minimum atomic E-state index is -4.22. The van der Waals surface area contributed by atoms with Crippen molar-refractivity contribution in [3.05, 3.63) is 45.4 Å². The average molecular weight is 337 g/mol. The number of aliphatic hydroxyl groups is 1. The van der Waals surface area contributed by atoms with E-state index in [1.165, 1.54) is 12.3 Å². The summed E-state index contributed by atoms with van der Waals surface area (Å²) in [6, 6.07) is 0.670. The van der Waals surface area contributed by atoms with Gasteiger partial charge < -0.3 is 5.11 Å². The number of halogens is 3. The number of sulfonamides is 1. The molecule has 0 atom stereocenters. The van der Waals surface area contributed by atoms with Crippen LogP contribution in [0, 0.1) is 24.4 Å². The van der Waals surface area contributed by atoms with E-state index in [9.17, 15) is 21.6 Å². The zero-order valence-electron chi connectivity index (χ0n) is 10.7. The van der Waals surface area contributed by atoms with Gasteiger partial charge in [-0.2, -0.15) is 0 Å². The number of thiophene rings is 1. The topological polar surface area (TPSA) is 66.4 Å². The van der Waals surface area contributed by atoms with Crippen molar-refractivity contribution in [1.82, 2.24) is 0 Å². The minimum absolute atomic E-state index is 0.169. The van der Waals surface area contributed by atoms with Gasteiger partial charge in [-0.05, 0) is 17.9 Å². The van der Waals surface area contributed by atoms with E-state index in [-0.39, 0.29) is 15.8 Å². The monoisotopic (exact) mass is 337 g/mol. The molecule has 0 aliphatic heterocycles. The summed E-state index contributed by atoms with van der Waals surface area (Å²) in [5, 5.41) is 10.6. The predicted molar refractivity (Wildman–Crippen MR) is 72.1 cm³/mol. The molecule has 1 heterocycles. The Morgan fingerprint density at radius 2 is 1.81 bits per heavy atom. The number of nitrogens with one attached hydrogen (secondary N) is 1. The Morgan fingerprint density at radius 3 is 2.43 bits per heavy atom. The lowest BCUT2D eigenvalue weighted by molar-refractivity contribution is 0.282. The van der Waals surface area contributed by atoms with Crippen molar-refractivity contribution in [3.63, 3.8) is 0 Å². The lowest BCUT2D eigenvalue weighted by atomic mass is 10.3. The maximum absolute atomic E-state index is 13.5. The van der Waals surface area contributed by atoms with Gasteiger partial charge in [0.25, 0.3) is 10.0 Å². The fourth-order valence-electron chi connectivity index (χ4n) is 1.75. The van der Waals surface area contributed by atoms with Gasteiger partial charge in [-0.15, -0.1) is 11.3 Å². The maximum Gasteiger partial charge on any atom is 0.263 e. The van der Waals surface area contributed by atoms with E-state index in [1.54, 1.807) is 0 Å². The smallest absolute Gasteiger partial charge is 0.263 e. The van der Waals surface area contributed by atoms with Crippen LogP contribution in [-0.2, 0) is 16.6 Å². The molecule has 21 heavy (non-hydrogen) atoms. The second kappa shape index (κ2) is 5.66. The first-order chi connectivity index (χ1) is 9.76. The Balaban J connectivity index is 2.47. The van der Waals surface area contributed by atoms with Crippen LogP contribution in [0.1, 0.15) is 10.4 Å². The first-order valence-electron chi connectivity index (χ1n) is 5.61. The number of hydrogen-bond acceptors (Lipinski definition) is 4. The molecular formula is C12H10F3NO3S2. The van der Waals surface area contributed by atoms with Crippen molar-refractivity contribution in [1.29, 1.82) is 0 Å². The zero-order chi connectivity index (χ0) is 15.8. The summed E-state index contributed by atoms with van der Waals surface area (Å²) in [4.78, 5) is -0.0258. The van der Waals surface area contributed by atoms with Crippen molar-refractivity contribution in [3.8, 4) is 0 Å². The molecule has 0 bridgehead atoms. The predicted octanol–water partition coefficient (Wildman–Crippen LogP) is 2.77. The van der Waals surface area contributed by atoms with Crippen LogP contribution < -0.4 is 4.72 Å². The molecule has 0 saturated carbocycles. The van der Waals surface area contributed by atoms with Gasteiger partial charge in [0.05, 0.1) is 17.2 Å². The van der Waals surface area contributed by atoms with Gasteiger partial charge in [0.1, 0.15) is 10.7 Å². The number of benzene rings is 1. The molecule has 2 rings (SSSR count). The van der Waals surface area contributed by atoms with E-state index in [1.807, 2.05) is 4.72 Å². The number of rotatable bonds is 4. The normalized spacial score (nSPS) is 11.7. The van der Waals surface area contributed by atoms with Crippen molar-refractivity contribution in [2.45, 2.75) is 18.4 Å². The van der Waals surface area contributed by atoms with Crippen LogP contribution in [0.25, 0.3) is 0 Å². The third-order valence-corrected chi connectivity index (χ3v) is 5.47. The second-order valence-electron chi connectivity index (χ2n) is 4.18. The molecule has 114 valence electrons. The Labute approximate surface area is 122 Å². The van der Waals surface area contributed by atoms with Crippen molar-refractivity contribution >= 4 is 27.0 Å². The molecule has 0 fully saturated rings. The first-order valence-corrected chi connectivity index (χ1v) is 7.97. The zero-order valence-corrected chi connectivity index (χ0v) is 12.3. The van der Waals surface area contributed by atoms with E-state index in [0.717, 1.165) is 11.3 Å². The highest BCUT2D eigenvalue weighted by Gasteiger charge is 2.24. The van der Waals surface area contributed by atoms with E-state index in [2.05, 4.69) is 0 Å². The molecule has 9 heteroatoms. The lowest BCUT2D eigenvalue weighted by Gasteiger charge is -2.10. The fourth-order valence-corrected chi connectivity index (χ4v) is 4.48. The number of aryl methyl sites for hydroxylation is 1. The van der Waals surface area contributed by atoms with Crippen LogP contribution in [-0.4, -0.2) is 13.5 Å². The van der Waals surface area contributed by atoms with E-state index in [0.29, 0.717) is 11.6 Å². The summed E-state index contributed by atoms with van der Waals surface area (Å²) in [5.74, 6) is -4.03. The Kier molecular flexibility index (Phi) is 4.26. The molecule has 0 aliphatic carbocycles. The van der Waals surface area contributed by atoms with Gasteiger partial charge in [0.2, 0.25) is 0 Å². The minimum Gasteiger partial charge on any atom is -0.391 e. The summed E-state index contributed by atoms with van der Waals surface area (Å²) in [7, 11) is -4.22. The molecule has 0 saturated heterocycles. The van der Waals surface area contributed by atoms with Crippen molar-refractivity contribution in [2.75, 3.05) is 4.72 Å². The Morgan fingerprint density at radius 1 is 1.19 bits per heavy atom. The van der Waals surface area contributed by atoms with Crippen LogP contribution in [0.15, 0.2) is 22.4 Å². The highest BCUT2D eigenvalue weighted by molar-refractivity contribution is 7.93. The quantitative estimate of drug-likeness (QED) is 0.843. The summed E-state index contributed by atoms with van der Waals surface area (Å²) in [6.45, 7) is 1.00. The van der Waals surface area contributed by atoms with Crippen molar-refractivity contribution in [2.24, 2.45) is 0 Å². The van der Waals surface area contributed by atoms with Gasteiger partial charge in [0.15, 0.2) is 11.6 Å². The van der Waals surface area contributed by atoms with Crippen LogP contribution >= 0.6 is 11.3 Å². The number of anilines is 1. The highest BCUT2D eigenvalue weighted by Crippen LogP contribution is 2.29. The summed E-state index contributed by atoms with van der Waals surface area (Å²) >= 11 is 1.03. The van der Waals surface area contributed by atoms with Crippen molar-refractivity contribution < 1.29 is 26.7 Å². The Hall–Kier alpha value is -1.58. The molecule has 2 aromatic rings. The van der Waals surface area contributed by atoms with Gasteiger partial charge in [-0.3, -0.25) is 4.72 Å². The summed E-state index contributed by atoms with van der Waals surface area (Å²) in [5.41, 5.74) is -0.345. The standard InChI is InChI=1S/C12H10F3NO3S2/c1-6-5-20-11(4-17)12(6)21(18,19)16-10-3-8(14)7(13)2-9(10)15/h2-3,5,16-17H,4H2,1H3. The van der Waals surface area contributed by atoms with Crippen LogP contribution in [0.4, 0.5) is 18.9 Å². The van der Waals surface area contributed by atoms with Crippen LogP contribution in [0.2, 0.25) is 0 Å². The average Bonchev–Trinajstić information content (AvgIpc) is 2.77. The molecule has 0 aliphatic rings. The molecule has 0 radical (unpaired) electrons. The third-order valence-electron chi connectivity index (χ3n) is 2.66. The molecular weight excluding hydrogens is 327 g/mol. The van der Waals surface area contributed by atoms with Crippen LogP contribution in [0.3, 0.4) is 0 Å². The SMILES string of the molecule is Cc1csc(CO)c1S(=O)(=O)Nc1cc(F)c(F)cc1F. The molecule has 1 aromatic heterocycles. The number of aliphatic hydroxyl groups excluding tert-OH is 1. The third kappa shape index (κ3) is 3.04. The fraction of sp³-hybridized carbons (Fsp3) is 0.167. The molecule has 1 aromatic carbocycles. The van der Waals surface area contributed by atoms with Gasteiger partial charge in [-0.25, -0.2) is 21.6 Å². The Bertz CT molecular complexity index is 787. The summed E-state index contributed by atoms with van der Waals surface area (Å²) in [6.07, 6.45) is 0.